The Labute approximate surface area is 73.5 Å². The van der Waals surface area contributed by atoms with Crippen LogP contribution in [-0.2, 0) is 6.42 Å². The summed E-state index contributed by atoms with van der Waals surface area (Å²) in [7, 11) is 0. The summed E-state index contributed by atoms with van der Waals surface area (Å²) in [5.41, 5.74) is 6.11. The van der Waals surface area contributed by atoms with E-state index in [2.05, 4.69) is 30.3 Å². The molecule has 0 N–H and O–H groups in total. The molecule has 1 aromatic heterocycles. The van der Waals surface area contributed by atoms with Gasteiger partial charge in [0.15, 0.2) is 0 Å². The van der Waals surface area contributed by atoms with E-state index in [1.807, 2.05) is 19.2 Å². The number of hydrogen-bond donors (Lipinski definition) is 0. The summed E-state index contributed by atoms with van der Waals surface area (Å²) in [5, 5.41) is 0. The molecule has 0 aliphatic rings. The van der Waals surface area contributed by atoms with Crippen LogP contribution in [0.25, 0.3) is 5.57 Å². The van der Waals surface area contributed by atoms with Crippen molar-refractivity contribution < 1.29 is 0 Å². The van der Waals surface area contributed by atoms with Gasteiger partial charge in [-0.1, -0.05) is 19.6 Å². The number of pyridine rings is 1. The van der Waals surface area contributed by atoms with Crippen molar-refractivity contribution in [1.82, 2.24) is 4.98 Å². The summed E-state index contributed by atoms with van der Waals surface area (Å²) in [5.74, 6) is 0. The maximum Gasteiger partial charge on any atom is 0.0401 e. The van der Waals surface area contributed by atoms with Gasteiger partial charge in [0.2, 0.25) is 0 Å². The van der Waals surface area contributed by atoms with Crippen molar-refractivity contribution in [2.45, 2.75) is 20.3 Å². The van der Waals surface area contributed by atoms with Crippen LogP contribution in [0.15, 0.2) is 30.6 Å². The van der Waals surface area contributed by atoms with Crippen molar-refractivity contribution in [1.29, 1.82) is 0 Å². The fraction of sp³-hybridized carbons (Fsp3) is 0.273. The first-order chi connectivity index (χ1) is 5.77. The second-order valence-corrected chi connectivity index (χ2v) is 2.69. The van der Waals surface area contributed by atoms with E-state index in [0.29, 0.717) is 0 Å². The van der Waals surface area contributed by atoms with Gasteiger partial charge in [-0.3, -0.25) is 4.98 Å². The Morgan fingerprint density at radius 2 is 2.33 bits per heavy atom. The summed E-state index contributed by atoms with van der Waals surface area (Å²) in [6, 6.07) is 4.09. The molecule has 0 saturated heterocycles. The van der Waals surface area contributed by atoms with Gasteiger partial charge >= 0.3 is 0 Å². The Balaban J connectivity index is 3.00. The lowest BCUT2D eigenvalue weighted by atomic mass is 10.1. The Morgan fingerprint density at radius 3 is 2.75 bits per heavy atom. The minimum absolute atomic E-state index is 0.983. The summed E-state index contributed by atoms with van der Waals surface area (Å²) in [6.45, 7) is 7.67. The van der Waals surface area contributed by atoms with E-state index in [9.17, 15) is 0 Å². The smallest absolute Gasteiger partial charge is 0.0401 e. The minimum Gasteiger partial charge on any atom is -0.261 e. The molecule has 0 unspecified atom stereocenters. The molecule has 0 atom stereocenters. The number of aromatic nitrogens is 1. The summed E-state index contributed by atoms with van der Waals surface area (Å²) >= 11 is 0. The predicted molar refractivity (Wildman–Crippen MR) is 51.8 cm³/mol. The zero-order chi connectivity index (χ0) is 8.97. The lowest BCUT2D eigenvalue weighted by molar-refractivity contribution is 1.03. The lowest BCUT2D eigenvalue weighted by Gasteiger charge is -1.99. The summed E-state index contributed by atoms with van der Waals surface area (Å²) < 4.78 is 0. The molecule has 0 spiro atoms. The standard InChI is InChI=1S/C11H13N/c1-4-9(3)10-6-7-11(5-2)12-8-10/h6-8H,1,5H2,2-3H3. The molecule has 0 aromatic carbocycles. The van der Waals surface area contributed by atoms with Gasteiger partial charge in [0.25, 0.3) is 0 Å². The molecule has 1 rings (SSSR count). The normalized spacial score (nSPS) is 9.17. The quantitative estimate of drug-likeness (QED) is 0.605. The largest absolute Gasteiger partial charge is 0.261 e. The van der Waals surface area contributed by atoms with E-state index >= 15 is 0 Å². The maximum absolute atomic E-state index is 4.28. The average Bonchev–Trinajstić information content (AvgIpc) is 2.17. The Hall–Kier alpha value is -1.33. The summed E-state index contributed by atoms with van der Waals surface area (Å²) in [6.07, 6.45) is 2.85. The number of nitrogens with zero attached hydrogens (tertiary/aromatic N) is 1. The molecule has 0 fully saturated rings. The van der Waals surface area contributed by atoms with Crippen LogP contribution >= 0.6 is 0 Å². The van der Waals surface area contributed by atoms with E-state index < -0.39 is 0 Å². The molecule has 0 bridgehead atoms. The van der Waals surface area contributed by atoms with E-state index in [1.165, 1.54) is 0 Å². The van der Waals surface area contributed by atoms with Crippen molar-refractivity contribution >= 4 is 5.57 Å². The van der Waals surface area contributed by atoms with E-state index in [1.54, 1.807) is 0 Å². The SMILES string of the molecule is C=C=C(C)c1ccc(CC)nc1. The van der Waals surface area contributed by atoms with Crippen molar-refractivity contribution in [3.63, 3.8) is 0 Å². The molecule has 0 aliphatic carbocycles. The van der Waals surface area contributed by atoms with E-state index in [-0.39, 0.29) is 0 Å². The van der Waals surface area contributed by atoms with Crippen LogP contribution in [0.1, 0.15) is 25.1 Å². The highest BCUT2D eigenvalue weighted by molar-refractivity contribution is 5.61. The highest BCUT2D eigenvalue weighted by Gasteiger charge is 1.94. The molecule has 12 heavy (non-hydrogen) atoms. The molecule has 0 radical (unpaired) electrons. The molecule has 1 nitrogen and oxygen atoms in total. The van der Waals surface area contributed by atoms with E-state index in [0.717, 1.165) is 23.3 Å². The fourth-order valence-electron chi connectivity index (χ4n) is 0.958. The van der Waals surface area contributed by atoms with Gasteiger partial charge in [-0.25, -0.2) is 0 Å². The molecule has 0 saturated carbocycles. The zero-order valence-corrected chi connectivity index (χ0v) is 7.59. The van der Waals surface area contributed by atoms with Crippen molar-refractivity contribution in [3.8, 4) is 0 Å². The maximum atomic E-state index is 4.28. The Kier molecular flexibility index (Phi) is 2.84. The van der Waals surface area contributed by atoms with Crippen molar-refractivity contribution in [3.05, 3.63) is 41.9 Å². The zero-order valence-electron chi connectivity index (χ0n) is 7.59. The van der Waals surface area contributed by atoms with Gasteiger partial charge in [-0.05, 0) is 25.0 Å². The topological polar surface area (TPSA) is 12.9 Å². The molecule has 1 heteroatoms. The average molecular weight is 159 g/mol. The van der Waals surface area contributed by atoms with Crippen LogP contribution in [0.2, 0.25) is 0 Å². The van der Waals surface area contributed by atoms with Gasteiger partial charge in [-0.2, -0.15) is 0 Å². The number of rotatable bonds is 2. The Bertz CT molecular complexity index is 302. The third kappa shape index (κ3) is 1.84. The van der Waals surface area contributed by atoms with Crippen LogP contribution in [-0.4, -0.2) is 4.98 Å². The first kappa shape index (κ1) is 8.76. The predicted octanol–water partition coefficient (Wildman–Crippen LogP) is 2.83. The van der Waals surface area contributed by atoms with Gasteiger partial charge in [-0.15, -0.1) is 5.73 Å². The highest BCUT2D eigenvalue weighted by Crippen LogP contribution is 2.10. The third-order valence-electron chi connectivity index (χ3n) is 1.89. The number of aryl methyl sites for hydroxylation is 1. The molecular weight excluding hydrogens is 146 g/mol. The first-order valence-electron chi connectivity index (χ1n) is 4.10. The fourth-order valence-corrected chi connectivity index (χ4v) is 0.958. The summed E-state index contributed by atoms with van der Waals surface area (Å²) in [4.78, 5) is 4.28. The Morgan fingerprint density at radius 1 is 1.58 bits per heavy atom. The number of allylic oxidation sites excluding steroid dienone is 1. The highest BCUT2D eigenvalue weighted by atomic mass is 14.7. The van der Waals surface area contributed by atoms with Crippen molar-refractivity contribution in [2.75, 3.05) is 0 Å². The third-order valence-corrected chi connectivity index (χ3v) is 1.89. The monoisotopic (exact) mass is 159 g/mol. The van der Waals surface area contributed by atoms with Crippen LogP contribution < -0.4 is 0 Å². The van der Waals surface area contributed by atoms with Gasteiger partial charge in [0.05, 0.1) is 0 Å². The molecule has 1 heterocycles. The molecule has 1 aromatic rings. The van der Waals surface area contributed by atoms with Crippen LogP contribution in [0.3, 0.4) is 0 Å². The van der Waals surface area contributed by atoms with Crippen molar-refractivity contribution in [2.24, 2.45) is 0 Å². The first-order valence-corrected chi connectivity index (χ1v) is 4.10. The van der Waals surface area contributed by atoms with Gasteiger partial charge in [0, 0.05) is 17.5 Å². The molecule has 62 valence electrons. The van der Waals surface area contributed by atoms with Crippen LogP contribution in [0.4, 0.5) is 0 Å². The van der Waals surface area contributed by atoms with Gasteiger partial charge < -0.3 is 0 Å². The lowest BCUT2D eigenvalue weighted by Crippen LogP contribution is -1.87. The van der Waals surface area contributed by atoms with E-state index in [4.69, 9.17) is 0 Å². The molecule has 0 amide bonds. The molecule has 0 aliphatic heterocycles. The second kappa shape index (κ2) is 3.89. The van der Waals surface area contributed by atoms with Crippen LogP contribution in [0.5, 0.6) is 0 Å². The number of hydrogen-bond acceptors (Lipinski definition) is 1. The van der Waals surface area contributed by atoms with Crippen LogP contribution in [0, 0.1) is 0 Å². The van der Waals surface area contributed by atoms with Gasteiger partial charge in [0.1, 0.15) is 0 Å². The minimum atomic E-state index is 0.983. The second-order valence-electron chi connectivity index (χ2n) is 2.69. The molecular formula is C11H13N.